The summed E-state index contributed by atoms with van der Waals surface area (Å²) in [5.74, 6) is 1.20. The van der Waals surface area contributed by atoms with Gasteiger partial charge in [-0.05, 0) is 52.0 Å². The summed E-state index contributed by atoms with van der Waals surface area (Å²) in [4.78, 5) is 16.4. The molecule has 2 aromatic heterocycles. The molecule has 2 heterocycles. The Morgan fingerprint density at radius 2 is 1.88 bits per heavy atom. The first kappa shape index (κ1) is 17.7. The molecule has 26 heavy (non-hydrogen) atoms. The van der Waals surface area contributed by atoms with Crippen molar-refractivity contribution in [2.24, 2.45) is 0 Å². The van der Waals surface area contributed by atoms with E-state index in [-0.39, 0.29) is 18.5 Å². The zero-order valence-corrected chi connectivity index (χ0v) is 15.1. The van der Waals surface area contributed by atoms with Crippen LogP contribution in [0.1, 0.15) is 41.6 Å². The molecule has 0 atom stereocenters. The molecule has 0 saturated carbocycles. The topological polar surface area (TPSA) is 103 Å². The molecule has 0 saturated heterocycles. The molecule has 0 unspecified atom stereocenters. The van der Waals surface area contributed by atoms with Gasteiger partial charge >= 0.3 is 11.8 Å². The van der Waals surface area contributed by atoms with Gasteiger partial charge in [-0.2, -0.15) is 4.98 Å². The summed E-state index contributed by atoms with van der Waals surface area (Å²) in [6.45, 7) is 7.80. The second kappa shape index (κ2) is 7.38. The summed E-state index contributed by atoms with van der Waals surface area (Å²) in [5.41, 5.74) is 2.30. The van der Waals surface area contributed by atoms with E-state index in [0.29, 0.717) is 11.6 Å². The van der Waals surface area contributed by atoms with Crippen molar-refractivity contribution in [3.05, 3.63) is 47.2 Å². The van der Waals surface area contributed by atoms with Gasteiger partial charge in [-0.1, -0.05) is 10.3 Å². The molecule has 0 aliphatic carbocycles. The van der Waals surface area contributed by atoms with Crippen molar-refractivity contribution in [2.45, 2.75) is 40.3 Å². The molecule has 0 aliphatic rings. The van der Waals surface area contributed by atoms with Crippen molar-refractivity contribution in [3.63, 3.8) is 0 Å². The van der Waals surface area contributed by atoms with Crippen molar-refractivity contribution in [1.29, 1.82) is 0 Å². The fraction of sp³-hybridized carbons (Fsp3) is 0.333. The predicted molar refractivity (Wildman–Crippen MR) is 92.6 cm³/mol. The minimum Gasteiger partial charge on any atom is -0.491 e. The van der Waals surface area contributed by atoms with E-state index in [0.717, 1.165) is 22.6 Å². The Labute approximate surface area is 150 Å². The van der Waals surface area contributed by atoms with Crippen LogP contribution in [0.3, 0.4) is 0 Å². The van der Waals surface area contributed by atoms with Gasteiger partial charge in [0.1, 0.15) is 11.5 Å². The van der Waals surface area contributed by atoms with E-state index in [4.69, 9.17) is 13.8 Å². The molecule has 0 spiro atoms. The third kappa shape index (κ3) is 3.90. The monoisotopic (exact) mass is 356 g/mol. The predicted octanol–water partition coefficient (Wildman–Crippen LogP) is 3.06. The molecular formula is C18H20N4O4. The Hall–Kier alpha value is -3.16. The van der Waals surface area contributed by atoms with Gasteiger partial charge in [-0.15, -0.1) is 0 Å². The third-order valence-electron chi connectivity index (χ3n) is 3.71. The summed E-state index contributed by atoms with van der Waals surface area (Å²) < 4.78 is 15.7. The number of ether oxygens (including phenoxy) is 1. The molecule has 136 valence electrons. The van der Waals surface area contributed by atoms with E-state index in [1.165, 1.54) is 0 Å². The Morgan fingerprint density at radius 1 is 1.15 bits per heavy atom. The number of nitrogens with one attached hydrogen (secondary N) is 1. The van der Waals surface area contributed by atoms with E-state index in [2.05, 4.69) is 20.6 Å². The average molecular weight is 356 g/mol. The van der Waals surface area contributed by atoms with Gasteiger partial charge in [0.15, 0.2) is 0 Å². The average Bonchev–Trinajstić information content (AvgIpc) is 3.21. The third-order valence-corrected chi connectivity index (χ3v) is 3.71. The summed E-state index contributed by atoms with van der Waals surface area (Å²) >= 11 is 0. The van der Waals surface area contributed by atoms with Crippen LogP contribution in [0, 0.1) is 13.8 Å². The van der Waals surface area contributed by atoms with E-state index >= 15 is 0 Å². The van der Waals surface area contributed by atoms with E-state index < -0.39 is 5.91 Å². The summed E-state index contributed by atoms with van der Waals surface area (Å²) in [6.07, 6.45) is 0.0963. The molecule has 8 nitrogen and oxygen atoms in total. The van der Waals surface area contributed by atoms with E-state index in [1.54, 1.807) is 6.92 Å². The van der Waals surface area contributed by atoms with Crippen LogP contribution in [0.25, 0.3) is 11.4 Å². The lowest BCUT2D eigenvalue weighted by Crippen LogP contribution is -2.23. The van der Waals surface area contributed by atoms with Crippen LogP contribution >= 0.6 is 0 Å². The van der Waals surface area contributed by atoms with Gasteiger partial charge in [0, 0.05) is 17.7 Å². The number of carbonyl (C=O) groups excluding carboxylic acids is 1. The summed E-state index contributed by atoms with van der Waals surface area (Å²) in [7, 11) is 0. The van der Waals surface area contributed by atoms with Crippen molar-refractivity contribution < 1.29 is 18.6 Å². The fourth-order valence-corrected chi connectivity index (χ4v) is 2.39. The molecule has 0 bridgehead atoms. The highest BCUT2D eigenvalue weighted by atomic mass is 16.5. The lowest BCUT2D eigenvalue weighted by atomic mass is 10.2. The minimum atomic E-state index is -0.455. The maximum absolute atomic E-state index is 12.2. The van der Waals surface area contributed by atoms with E-state index in [9.17, 15) is 4.79 Å². The standard InChI is InChI=1S/C18H20N4O4/c1-10(2)24-14-7-5-13(6-8-14)16-20-18(26-22-16)17(23)19-9-15-11(3)21-25-12(15)4/h5-8,10H,9H2,1-4H3,(H,19,23). The SMILES string of the molecule is Cc1noc(C)c1CNC(=O)c1nc(-c2ccc(OC(C)C)cc2)no1. The van der Waals surface area contributed by atoms with Crippen LogP contribution in [0.5, 0.6) is 5.75 Å². The molecule has 3 aromatic rings. The highest BCUT2D eigenvalue weighted by Crippen LogP contribution is 2.21. The molecule has 0 radical (unpaired) electrons. The molecule has 1 aromatic carbocycles. The normalized spacial score (nSPS) is 11.0. The lowest BCUT2D eigenvalue weighted by molar-refractivity contribution is 0.0907. The summed E-state index contributed by atoms with van der Waals surface area (Å²) in [6, 6.07) is 7.27. The number of hydrogen-bond donors (Lipinski definition) is 1. The number of carbonyl (C=O) groups is 1. The second-order valence-corrected chi connectivity index (χ2v) is 6.10. The number of amides is 1. The maximum atomic E-state index is 12.2. The van der Waals surface area contributed by atoms with Gasteiger partial charge in [-0.25, -0.2) is 0 Å². The molecule has 8 heteroatoms. The van der Waals surface area contributed by atoms with Gasteiger partial charge in [0.25, 0.3) is 0 Å². The number of hydrogen-bond acceptors (Lipinski definition) is 7. The second-order valence-electron chi connectivity index (χ2n) is 6.10. The highest BCUT2D eigenvalue weighted by Gasteiger charge is 2.17. The number of aryl methyl sites for hydroxylation is 2. The Balaban J connectivity index is 1.66. The maximum Gasteiger partial charge on any atom is 0.316 e. The van der Waals surface area contributed by atoms with Crippen molar-refractivity contribution in [3.8, 4) is 17.1 Å². The van der Waals surface area contributed by atoms with Crippen LogP contribution in [-0.2, 0) is 6.54 Å². The molecule has 1 amide bonds. The summed E-state index contributed by atoms with van der Waals surface area (Å²) in [5, 5.41) is 10.4. The molecular weight excluding hydrogens is 336 g/mol. The smallest absolute Gasteiger partial charge is 0.316 e. The van der Waals surface area contributed by atoms with Gasteiger partial charge in [-0.3, -0.25) is 4.79 Å². The van der Waals surface area contributed by atoms with Crippen LogP contribution in [0.15, 0.2) is 33.3 Å². The number of aromatic nitrogens is 3. The Morgan fingerprint density at radius 3 is 2.50 bits per heavy atom. The molecule has 0 fully saturated rings. The first-order valence-corrected chi connectivity index (χ1v) is 8.24. The van der Waals surface area contributed by atoms with Gasteiger partial charge in [0.05, 0.1) is 11.8 Å². The minimum absolute atomic E-state index is 0.0963. The highest BCUT2D eigenvalue weighted by molar-refractivity contribution is 5.89. The number of nitrogens with zero attached hydrogens (tertiary/aromatic N) is 3. The lowest BCUT2D eigenvalue weighted by Gasteiger charge is -2.09. The van der Waals surface area contributed by atoms with Crippen LogP contribution in [-0.4, -0.2) is 27.3 Å². The number of benzene rings is 1. The fourth-order valence-electron chi connectivity index (χ4n) is 2.39. The van der Waals surface area contributed by atoms with Crippen LogP contribution in [0.2, 0.25) is 0 Å². The first-order chi connectivity index (χ1) is 12.4. The quantitative estimate of drug-likeness (QED) is 0.724. The Kier molecular flexibility index (Phi) is 5.01. The van der Waals surface area contributed by atoms with Crippen LogP contribution in [0.4, 0.5) is 0 Å². The van der Waals surface area contributed by atoms with E-state index in [1.807, 2.05) is 45.0 Å². The zero-order chi connectivity index (χ0) is 18.7. The van der Waals surface area contributed by atoms with Gasteiger partial charge in [0.2, 0.25) is 5.82 Å². The molecule has 0 aliphatic heterocycles. The molecule has 3 rings (SSSR count). The van der Waals surface area contributed by atoms with Crippen molar-refractivity contribution >= 4 is 5.91 Å². The van der Waals surface area contributed by atoms with Crippen molar-refractivity contribution in [2.75, 3.05) is 0 Å². The molecule has 1 N–H and O–H groups in total. The zero-order valence-electron chi connectivity index (χ0n) is 15.1. The first-order valence-electron chi connectivity index (χ1n) is 8.24. The van der Waals surface area contributed by atoms with Crippen molar-refractivity contribution in [1.82, 2.24) is 20.6 Å². The Bertz CT molecular complexity index is 877. The van der Waals surface area contributed by atoms with Gasteiger partial charge < -0.3 is 19.1 Å². The van der Waals surface area contributed by atoms with Crippen LogP contribution < -0.4 is 10.1 Å². The largest absolute Gasteiger partial charge is 0.491 e. The number of rotatable bonds is 6.